The number of nitrogens with two attached hydrogens (primary N) is 1. The average Bonchev–Trinajstić information content (AvgIpc) is 2.84. The molecule has 4 aromatic rings. The molecule has 0 aliphatic heterocycles. The van der Waals surface area contributed by atoms with Gasteiger partial charge in [-0.3, -0.25) is 15.0 Å². The van der Waals surface area contributed by atoms with Crippen LogP contribution in [0, 0.1) is 5.41 Å². The zero-order valence-electron chi connectivity index (χ0n) is 18.8. The number of nitrogens with one attached hydrogen (secondary N) is 3. The smallest absolute Gasteiger partial charge is 0.241 e. The lowest BCUT2D eigenvalue weighted by Crippen LogP contribution is -2.37. The summed E-state index contributed by atoms with van der Waals surface area (Å²) in [7, 11) is 0. The highest BCUT2D eigenvalue weighted by molar-refractivity contribution is 6.11. The summed E-state index contributed by atoms with van der Waals surface area (Å²) in [6.07, 6.45) is 0. The number of rotatable bonds is 7. The van der Waals surface area contributed by atoms with E-state index in [-0.39, 0.29) is 17.8 Å². The Labute approximate surface area is 198 Å². The van der Waals surface area contributed by atoms with E-state index in [9.17, 15) is 9.59 Å². The molecule has 0 aromatic heterocycles. The van der Waals surface area contributed by atoms with Crippen molar-refractivity contribution in [2.24, 2.45) is 5.73 Å². The first-order valence-electron chi connectivity index (χ1n) is 11.0. The first-order chi connectivity index (χ1) is 16.4. The first kappa shape index (κ1) is 22.7. The molecule has 0 bridgehead atoms. The number of carbonyl (C=O) groups excluding carboxylic acids is 2. The highest BCUT2D eigenvalue weighted by Gasteiger charge is 2.30. The van der Waals surface area contributed by atoms with E-state index in [1.54, 1.807) is 48.5 Å². The van der Waals surface area contributed by atoms with Crippen LogP contribution in [0.4, 0.5) is 5.69 Å². The van der Waals surface area contributed by atoms with Gasteiger partial charge in [0.2, 0.25) is 11.8 Å². The SMILES string of the molecule is C[C@@H](NC(=O)C(C(=O)Nc1ccc(C(=N)N)cc1)c1ccccc1)c1cccc2ccccc12. The van der Waals surface area contributed by atoms with Crippen molar-refractivity contribution in [1.29, 1.82) is 5.41 Å². The molecule has 0 saturated carbocycles. The van der Waals surface area contributed by atoms with Crippen molar-refractivity contribution in [2.75, 3.05) is 5.32 Å². The molecule has 4 rings (SSSR count). The summed E-state index contributed by atoms with van der Waals surface area (Å²) in [5.41, 5.74) is 8.16. The summed E-state index contributed by atoms with van der Waals surface area (Å²) in [5.74, 6) is -1.91. The molecule has 4 aromatic carbocycles. The Morgan fingerprint density at radius 1 is 0.794 bits per heavy atom. The van der Waals surface area contributed by atoms with Gasteiger partial charge in [0.1, 0.15) is 11.8 Å². The fourth-order valence-corrected chi connectivity index (χ4v) is 4.02. The number of fused-ring (bicyclic) bond motifs is 1. The summed E-state index contributed by atoms with van der Waals surface area (Å²) in [5, 5.41) is 15.5. The Bertz CT molecular complexity index is 1330. The van der Waals surface area contributed by atoms with Crippen molar-refractivity contribution >= 4 is 34.1 Å². The summed E-state index contributed by atoms with van der Waals surface area (Å²) in [6, 6.07) is 29.3. The van der Waals surface area contributed by atoms with Gasteiger partial charge in [0.15, 0.2) is 0 Å². The third kappa shape index (κ3) is 4.96. The monoisotopic (exact) mass is 450 g/mol. The van der Waals surface area contributed by atoms with Crippen LogP contribution in [-0.2, 0) is 9.59 Å². The summed E-state index contributed by atoms with van der Waals surface area (Å²) >= 11 is 0. The largest absolute Gasteiger partial charge is 0.384 e. The second-order valence-electron chi connectivity index (χ2n) is 8.12. The Hall–Kier alpha value is -4.45. The van der Waals surface area contributed by atoms with E-state index in [1.165, 1.54) is 0 Å². The van der Waals surface area contributed by atoms with E-state index < -0.39 is 11.8 Å². The van der Waals surface area contributed by atoms with Crippen LogP contribution in [0.5, 0.6) is 0 Å². The Balaban J connectivity index is 1.58. The zero-order chi connectivity index (χ0) is 24.1. The predicted octanol–water partition coefficient (Wildman–Crippen LogP) is 4.72. The molecule has 2 amide bonds. The fraction of sp³-hybridized carbons (Fsp3) is 0.107. The molecule has 0 aliphatic rings. The molecule has 0 saturated heterocycles. The van der Waals surface area contributed by atoms with Gasteiger partial charge in [0, 0.05) is 11.3 Å². The van der Waals surface area contributed by atoms with Crippen LogP contribution in [0.25, 0.3) is 10.8 Å². The number of hydrogen-bond donors (Lipinski definition) is 4. The molecule has 6 nitrogen and oxygen atoms in total. The Morgan fingerprint density at radius 3 is 2.15 bits per heavy atom. The summed E-state index contributed by atoms with van der Waals surface area (Å²) in [4.78, 5) is 26.7. The molecular formula is C28H26N4O2. The first-order valence-corrected chi connectivity index (χ1v) is 11.0. The number of amides is 2. The summed E-state index contributed by atoms with van der Waals surface area (Å²) in [6.45, 7) is 1.92. The topological polar surface area (TPSA) is 108 Å². The number of nitrogen functional groups attached to an aromatic ring is 1. The minimum atomic E-state index is -1.04. The highest BCUT2D eigenvalue weighted by atomic mass is 16.2. The lowest BCUT2D eigenvalue weighted by Gasteiger charge is -2.22. The van der Waals surface area contributed by atoms with E-state index in [1.807, 2.05) is 55.5 Å². The molecule has 5 N–H and O–H groups in total. The zero-order valence-corrected chi connectivity index (χ0v) is 18.8. The van der Waals surface area contributed by atoms with Crippen LogP contribution < -0.4 is 16.4 Å². The third-order valence-corrected chi connectivity index (χ3v) is 5.77. The van der Waals surface area contributed by atoms with Crippen LogP contribution in [0.1, 0.15) is 35.6 Å². The lowest BCUT2D eigenvalue weighted by atomic mass is 9.95. The average molecular weight is 451 g/mol. The van der Waals surface area contributed by atoms with Crippen molar-refractivity contribution < 1.29 is 9.59 Å². The van der Waals surface area contributed by atoms with Gasteiger partial charge >= 0.3 is 0 Å². The van der Waals surface area contributed by atoms with Gasteiger partial charge in [-0.2, -0.15) is 0 Å². The van der Waals surface area contributed by atoms with Gasteiger partial charge in [0.05, 0.1) is 6.04 Å². The number of carbonyl (C=O) groups is 2. The Kier molecular flexibility index (Phi) is 6.69. The molecule has 0 heterocycles. The molecule has 0 radical (unpaired) electrons. The molecule has 0 spiro atoms. The van der Waals surface area contributed by atoms with E-state index in [4.69, 9.17) is 11.1 Å². The van der Waals surface area contributed by atoms with E-state index in [2.05, 4.69) is 10.6 Å². The van der Waals surface area contributed by atoms with Crippen molar-refractivity contribution in [3.8, 4) is 0 Å². The van der Waals surface area contributed by atoms with Crippen molar-refractivity contribution in [2.45, 2.75) is 18.9 Å². The second-order valence-corrected chi connectivity index (χ2v) is 8.12. The van der Waals surface area contributed by atoms with Gasteiger partial charge in [0.25, 0.3) is 0 Å². The van der Waals surface area contributed by atoms with Gasteiger partial charge in [-0.25, -0.2) is 0 Å². The van der Waals surface area contributed by atoms with Crippen LogP contribution in [0.15, 0.2) is 97.1 Å². The van der Waals surface area contributed by atoms with Crippen LogP contribution in [0.3, 0.4) is 0 Å². The molecular weight excluding hydrogens is 424 g/mol. The maximum atomic E-state index is 13.4. The minimum absolute atomic E-state index is 0.0539. The molecule has 1 unspecified atom stereocenters. The third-order valence-electron chi connectivity index (χ3n) is 5.77. The number of hydrogen-bond acceptors (Lipinski definition) is 3. The quantitative estimate of drug-likeness (QED) is 0.186. The van der Waals surface area contributed by atoms with Gasteiger partial charge < -0.3 is 16.4 Å². The highest BCUT2D eigenvalue weighted by Crippen LogP contribution is 2.26. The van der Waals surface area contributed by atoms with E-state index in [0.29, 0.717) is 16.8 Å². The molecule has 6 heteroatoms. The fourth-order valence-electron chi connectivity index (χ4n) is 4.02. The van der Waals surface area contributed by atoms with Gasteiger partial charge in [-0.1, -0.05) is 72.8 Å². The van der Waals surface area contributed by atoms with Gasteiger partial charge in [-0.15, -0.1) is 0 Å². The summed E-state index contributed by atoms with van der Waals surface area (Å²) < 4.78 is 0. The maximum Gasteiger partial charge on any atom is 0.241 e. The maximum absolute atomic E-state index is 13.4. The van der Waals surface area contributed by atoms with E-state index in [0.717, 1.165) is 16.3 Å². The standard InChI is InChI=1S/C28H26N4O2/c1-18(23-13-7-11-19-8-5-6-12-24(19)23)31-27(33)25(20-9-3-2-4-10-20)28(34)32-22-16-14-21(15-17-22)26(29)30/h2-18,25H,1H3,(H3,29,30)(H,31,33)(H,32,34)/t18-,25?/m1/s1. The number of anilines is 1. The normalized spacial score (nSPS) is 12.5. The number of benzene rings is 4. The molecule has 0 aliphatic carbocycles. The van der Waals surface area contributed by atoms with Crippen molar-refractivity contribution in [1.82, 2.24) is 5.32 Å². The minimum Gasteiger partial charge on any atom is -0.384 e. The van der Waals surface area contributed by atoms with Crippen LogP contribution >= 0.6 is 0 Å². The van der Waals surface area contributed by atoms with Crippen molar-refractivity contribution in [3.63, 3.8) is 0 Å². The van der Waals surface area contributed by atoms with E-state index >= 15 is 0 Å². The van der Waals surface area contributed by atoms with Crippen molar-refractivity contribution in [3.05, 3.63) is 114 Å². The number of amidine groups is 1. The Morgan fingerprint density at radius 2 is 1.44 bits per heavy atom. The van der Waals surface area contributed by atoms with Crippen LogP contribution in [0.2, 0.25) is 0 Å². The molecule has 0 fully saturated rings. The molecule has 170 valence electrons. The molecule has 2 atom stereocenters. The predicted molar refractivity (Wildman–Crippen MR) is 136 cm³/mol. The van der Waals surface area contributed by atoms with Crippen LogP contribution in [-0.4, -0.2) is 17.6 Å². The molecule has 34 heavy (non-hydrogen) atoms. The van der Waals surface area contributed by atoms with Gasteiger partial charge in [-0.05, 0) is 53.1 Å². The second kappa shape index (κ2) is 10.0. The lowest BCUT2D eigenvalue weighted by molar-refractivity contribution is -0.129.